The van der Waals surface area contributed by atoms with Gasteiger partial charge in [0, 0.05) is 19.0 Å². The van der Waals surface area contributed by atoms with Gasteiger partial charge in [0.15, 0.2) is 0 Å². The highest BCUT2D eigenvalue weighted by Crippen LogP contribution is 2.33. The molecule has 1 N–H and O–H groups in total. The Bertz CT molecular complexity index is 443. The Kier molecular flexibility index (Phi) is 3.62. The lowest BCUT2D eigenvalue weighted by Crippen LogP contribution is -2.46. The third-order valence-electron chi connectivity index (χ3n) is 3.50. The van der Waals surface area contributed by atoms with Gasteiger partial charge >= 0.3 is 12.1 Å². The zero-order chi connectivity index (χ0) is 15.1. The molecule has 0 aromatic carbocycles. The van der Waals surface area contributed by atoms with Crippen LogP contribution in [-0.2, 0) is 14.3 Å². The number of carboxylic acids is 1. The lowest BCUT2D eigenvalue weighted by atomic mass is 10.0. The normalized spacial score (nSPS) is 25.9. The summed E-state index contributed by atoms with van der Waals surface area (Å²) in [7, 11) is 0. The molecule has 0 radical (unpaired) electrons. The topological polar surface area (TPSA) is 87.2 Å². The van der Waals surface area contributed by atoms with Gasteiger partial charge in [-0.2, -0.15) is 0 Å². The largest absolute Gasteiger partial charge is 0.480 e. The molecule has 20 heavy (non-hydrogen) atoms. The van der Waals surface area contributed by atoms with Crippen LogP contribution in [0.4, 0.5) is 4.79 Å². The zero-order valence-corrected chi connectivity index (χ0v) is 12.0. The Balaban J connectivity index is 2.07. The Morgan fingerprint density at radius 3 is 2.60 bits per heavy atom. The summed E-state index contributed by atoms with van der Waals surface area (Å²) in [6, 6.07) is -0.566. The monoisotopic (exact) mass is 284 g/mol. The summed E-state index contributed by atoms with van der Waals surface area (Å²) in [5.41, 5.74) is -0.614. The highest BCUT2D eigenvalue weighted by Gasteiger charge is 2.50. The molecule has 2 aliphatic heterocycles. The molecule has 2 rings (SSSR count). The fourth-order valence-corrected chi connectivity index (χ4v) is 2.77. The summed E-state index contributed by atoms with van der Waals surface area (Å²) in [5, 5.41) is 8.78. The predicted octanol–water partition coefficient (Wildman–Crippen LogP) is 0.539. The maximum Gasteiger partial charge on any atom is 0.410 e. The van der Waals surface area contributed by atoms with E-state index in [1.807, 2.05) is 0 Å². The van der Waals surface area contributed by atoms with Crippen molar-refractivity contribution in [1.29, 1.82) is 0 Å². The molecular formula is C13H20N2O5. The molecule has 2 amide bonds. The third kappa shape index (κ3) is 2.86. The van der Waals surface area contributed by atoms with Gasteiger partial charge in [0.05, 0.1) is 0 Å². The van der Waals surface area contributed by atoms with Crippen LogP contribution < -0.4 is 0 Å². The molecule has 0 spiro atoms. The fourth-order valence-electron chi connectivity index (χ4n) is 2.77. The Morgan fingerprint density at radius 2 is 2.05 bits per heavy atom. The van der Waals surface area contributed by atoms with Crippen LogP contribution in [0.1, 0.15) is 27.2 Å². The predicted molar refractivity (Wildman–Crippen MR) is 69.1 cm³/mol. The van der Waals surface area contributed by atoms with E-state index in [9.17, 15) is 14.4 Å². The molecule has 2 saturated heterocycles. The number of carbonyl (C=O) groups is 3. The van der Waals surface area contributed by atoms with E-state index in [0.717, 1.165) is 0 Å². The molecule has 2 atom stereocenters. The van der Waals surface area contributed by atoms with Crippen LogP contribution in [0.3, 0.4) is 0 Å². The number of likely N-dealkylation sites (tertiary alicyclic amines) is 2. The van der Waals surface area contributed by atoms with E-state index >= 15 is 0 Å². The lowest BCUT2D eigenvalue weighted by Gasteiger charge is -2.27. The molecule has 0 aliphatic carbocycles. The number of ether oxygens (including phenoxy) is 1. The van der Waals surface area contributed by atoms with Crippen molar-refractivity contribution in [3.8, 4) is 0 Å². The standard InChI is InChI=1S/C13H20N2O5/c1-13(2,3)20-12(19)15-5-4-8-6-14(7-9(16)17)11(18)10(8)15/h8,10H,4-7H2,1-3H3,(H,16,17). The van der Waals surface area contributed by atoms with E-state index in [2.05, 4.69) is 0 Å². The zero-order valence-electron chi connectivity index (χ0n) is 12.0. The van der Waals surface area contributed by atoms with Gasteiger partial charge < -0.3 is 14.7 Å². The number of aliphatic carboxylic acids is 1. The van der Waals surface area contributed by atoms with Gasteiger partial charge in [0.1, 0.15) is 18.2 Å². The number of carbonyl (C=O) groups excluding carboxylic acids is 2. The van der Waals surface area contributed by atoms with Crippen molar-refractivity contribution in [2.24, 2.45) is 5.92 Å². The fraction of sp³-hybridized carbons (Fsp3) is 0.769. The second kappa shape index (κ2) is 4.96. The number of nitrogens with zero attached hydrogens (tertiary/aromatic N) is 2. The van der Waals surface area contributed by atoms with E-state index < -0.39 is 23.7 Å². The molecule has 7 heteroatoms. The smallest absolute Gasteiger partial charge is 0.410 e. The summed E-state index contributed by atoms with van der Waals surface area (Å²) in [4.78, 5) is 37.8. The van der Waals surface area contributed by atoms with Crippen LogP contribution in [-0.4, -0.2) is 64.2 Å². The maximum atomic E-state index is 12.2. The van der Waals surface area contributed by atoms with Gasteiger partial charge in [-0.05, 0) is 27.2 Å². The van der Waals surface area contributed by atoms with Crippen LogP contribution in [0.2, 0.25) is 0 Å². The van der Waals surface area contributed by atoms with E-state index in [0.29, 0.717) is 19.5 Å². The van der Waals surface area contributed by atoms with Gasteiger partial charge in [-0.25, -0.2) is 4.79 Å². The van der Waals surface area contributed by atoms with Crippen molar-refractivity contribution in [3.63, 3.8) is 0 Å². The van der Waals surface area contributed by atoms with Gasteiger partial charge in [-0.3, -0.25) is 14.5 Å². The van der Waals surface area contributed by atoms with E-state index in [1.54, 1.807) is 20.8 Å². The van der Waals surface area contributed by atoms with Gasteiger partial charge in [0.2, 0.25) is 5.91 Å². The van der Waals surface area contributed by atoms with Crippen LogP contribution in [0, 0.1) is 5.92 Å². The SMILES string of the molecule is CC(C)(C)OC(=O)N1CCC2CN(CC(=O)O)C(=O)C21. The van der Waals surface area contributed by atoms with E-state index in [1.165, 1.54) is 9.80 Å². The van der Waals surface area contributed by atoms with Crippen molar-refractivity contribution in [2.45, 2.75) is 38.8 Å². The van der Waals surface area contributed by atoms with Gasteiger partial charge in [0.25, 0.3) is 0 Å². The van der Waals surface area contributed by atoms with Crippen molar-refractivity contribution >= 4 is 18.0 Å². The molecule has 0 bridgehead atoms. The summed E-state index contributed by atoms with van der Waals surface area (Å²) >= 11 is 0. The van der Waals surface area contributed by atoms with Crippen LogP contribution in [0.5, 0.6) is 0 Å². The molecule has 2 fully saturated rings. The van der Waals surface area contributed by atoms with Gasteiger partial charge in [-0.15, -0.1) is 0 Å². The number of rotatable bonds is 2. The summed E-state index contributed by atoms with van der Waals surface area (Å²) in [5.74, 6) is -1.32. The molecule has 2 unspecified atom stereocenters. The first-order valence-electron chi connectivity index (χ1n) is 6.69. The average Bonchev–Trinajstić information content (AvgIpc) is 2.78. The molecule has 2 aliphatic rings. The summed E-state index contributed by atoms with van der Waals surface area (Å²) in [6.45, 7) is 5.88. The first-order valence-corrected chi connectivity index (χ1v) is 6.69. The first kappa shape index (κ1) is 14.6. The molecular weight excluding hydrogens is 264 g/mol. The highest BCUT2D eigenvalue weighted by atomic mass is 16.6. The highest BCUT2D eigenvalue weighted by molar-refractivity contribution is 5.90. The minimum atomic E-state index is -1.04. The average molecular weight is 284 g/mol. The van der Waals surface area contributed by atoms with Crippen LogP contribution >= 0.6 is 0 Å². The molecule has 0 aromatic heterocycles. The van der Waals surface area contributed by atoms with Crippen molar-refractivity contribution in [1.82, 2.24) is 9.80 Å². The van der Waals surface area contributed by atoms with Crippen LogP contribution in [0.25, 0.3) is 0 Å². The minimum Gasteiger partial charge on any atom is -0.480 e. The first-order chi connectivity index (χ1) is 9.19. The van der Waals surface area contributed by atoms with E-state index in [4.69, 9.17) is 9.84 Å². The molecule has 0 aromatic rings. The van der Waals surface area contributed by atoms with Crippen LogP contribution in [0.15, 0.2) is 0 Å². The third-order valence-corrected chi connectivity index (χ3v) is 3.50. The number of carboxylic acid groups (broad SMARTS) is 1. The quantitative estimate of drug-likeness (QED) is 0.799. The Morgan fingerprint density at radius 1 is 1.40 bits per heavy atom. The van der Waals surface area contributed by atoms with Crippen molar-refractivity contribution in [2.75, 3.05) is 19.6 Å². The molecule has 7 nitrogen and oxygen atoms in total. The van der Waals surface area contributed by atoms with Crippen molar-refractivity contribution in [3.05, 3.63) is 0 Å². The number of amides is 2. The molecule has 0 saturated carbocycles. The Labute approximate surface area is 117 Å². The van der Waals surface area contributed by atoms with Gasteiger partial charge in [-0.1, -0.05) is 0 Å². The maximum absolute atomic E-state index is 12.2. The van der Waals surface area contributed by atoms with Crippen molar-refractivity contribution < 1.29 is 24.2 Å². The molecule has 2 heterocycles. The number of hydrogen-bond donors (Lipinski definition) is 1. The second-order valence-corrected chi connectivity index (χ2v) is 6.28. The summed E-state index contributed by atoms with van der Waals surface area (Å²) < 4.78 is 5.29. The Hall–Kier alpha value is -1.79. The molecule has 112 valence electrons. The number of fused-ring (bicyclic) bond motifs is 1. The lowest BCUT2D eigenvalue weighted by molar-refractivity contribution is -0.143. The minimum absolute atomic E-state index is 0.00867. The number of hydrogen-bond acceptors (Lipinski definition) is 4. The second-order valence-electron chi connectivity index (χ2n) is 6.28. The van der Waals surface area contributed by atoms with E-state index in [-0.39, 0.29) is 18.4 Å². The summed E-state index contributed by atoms with van der Waals surface area (Å²) in [6.07, 6.45) is 0.196.